The van der Waals surface area contributed by atoms with Crippen molar-refractivity contribution < 1.29 is 42.9 Å². The van der Waals surface area contributed by atoms with Gasteiger partial charge in [-0.1, -0.05) is 206 Å². The zero-order valence-electron chi connectivity index (χ0n) is 57.4. The number of hydrogen-bond donors (Lipinski definition) is 3. The molecule has 1 unspecified atom stereocenters. The molecule has 0 spiro atoms. The smallest absolute Gasteiger partial charge is 0.410 e. The molecule has 0 radical (unpaired) electrons. The van der Waals surface area contributed by atoms with Gasteiger partial charge in [-0.15, -0.1) is 0 Å². The van der Waals surface area contributed by atoms with Crippen LogP contribution in [0.2, 0.25) is 0 Å². The predicted octanol–water partition coefficient (Wildman–Crippen LogP) is 18.4. The summed E-state index contributed by atoms with van der Waals surface area (Å²) in [6.45, 7) is 30.4. The van der Waals surface area contributed by atoms with Gasteiger partial charge >= 0.3 is 24.4 Å². The van der Waals surface area contributed by atoms with Crippen LogP contribution < -0.4 is 16.0 Å². The van der Waals surface area contributed by atoms with Crippen molar-refractivity contribution in [2.75, 3.05) is 58.9 Å². The lowest BCUT2D eigenvalue weighted by Crippen LogP contribution is -2.52. The van der Waals surface area contributed by atoms with E-state index in [1.165, 1.54) is 198 Å². The third-order valence-electron chi connectivity index (χ3n) is 14.8. The van der Waals surface area contributed by atoms with Crippen molar-refractivity contribution in [2.45, 2.75) is 357 Å². The molecule has 0 rings (SSSR count). The topological polar surface area (TPSA) is 168 Å². The molecule has 0 aromatic heterocycles. The molecule has 0 aliphatic rings. The Morgan fingerprint density at radius 2 is 0.631 bits per heavy atom. The van der Waals surface area contributed by atoms with E-state index in [-0.39, 0.29) is 45.1 Å². The van der Waals surface area contributed by atoms with Crippen LogP contribution in [0.5, 0.6) is 0 Å². The molecule has 0 aromatic rings. The number of unbranched alkanes of at least 4 members (excludes halogenated alkanes) is 30. The minimum absolute atomic E-state index is 0.125. The number of rotatable bonds is 51. The number of amides is 5. The number of carbonyl (C=O) groups excluding carboxylic acids is 5. The maximum atomic E-state index is 14.7. The van der Waals surface area contributed by atoms with Gasteiger partial charge in [0.1, 0.15) is 28.4 Å². The maximum Gasteiger partial charge on any atom is 0.410 e. The Morgan fingerprint density at radius 1 is 0.321 bits per heavy atom. The first-order chi connectivity index (χ1) is 39.8. The fourth-order valence-corrected chi connectivity index (χ4v) is 10.3. The normalized spacial score (nSPS) is 12.5. The van der Waals surface area contributed by atoms with Crippen molar-refractivity contribution in [3.8, 4) is 0 Å². The second-order valence-corrected chi connectivity index (χ2v) is 28.1. The summed E-state index contributed by atoms with van der Waals surface area (Å²) in [5.74, 6) is -0.295. The molecule has 0 aliphatic heterocycles. The van der Waals surface area contributed by atoms with E-state index in [2.05, 4.69) is 34.7 Å². The highest BCUT2D eigenvalue weighted by molar-refractivity contribution is 5.85. The highest BCUT2D eigenvalue weighted by Crippen LogP contribution is 2.20. The van der Waals surface area contributed by atoms with Gasteiger partial charge in [-0.3, -0.25) is 9.69 Å². The molecule has 0 saturated carbocycles. The Labute approximate surface area is 517 Å². The zero-order valence-corrected chi connectivity index (χ0v) is 57.4. The first-order valence-electron chi connectivity index (χ1n) is 34.7. The van der Waals surface area contributed by atoms with Crippen LogP contribution in [0, 0.1) is 0 Å². The average Bonchev–Trinajstić information content (AvgIpc) is 3.47. The molecule has 1 atom stereocenters. The van der Waals surface area contributed by atoms with Gasteiger partial charge in [0.25, 0.3) is 0 Å². The van der Waals surface area contributed by atoms with E-state index in [1.54, 1.807) is 67.2 Å². The molecular weight excluding hydrogens is 1060 g/mol. The number of nitrogens with zero attached hydrogens (tertiary/aromatic N) is 3. The van der Waals surface area contributed by atoms with Crippen LogP contribution in [0.4, 0.5) is 19.2 Å². The Morgan fingerprint density at radius 3 is 0.976 bits per heavy atom. The highest BCUT2D eigenvalue weighted by atomic mass is 16.6. The molecule has 0 heterocycles. The number of alkyl carbamates (subject to hydrolysis) is 2. The first-order valence-corrected chi connectivity index (χ1v) is 34.7. The molecule has 15 nitrogen and oxygen atoms in total. The molecule has 0 aromatic carbocycles. The number of hydrogen-bond acceptors (Lipinski definition) is 10. The van der Waals surface area contributed by atoms with Gasteiger partial charge in [-0.05, 0) is 135 Å². The van der Waals surface area contributed by atoms with Gasteiger partial charge in [0, 0.05) is 45.8 Å². The minimum atomic E-state index is -0.940. The summed E-state index contributed by atoms with van der Waals surface area (Å²) in [4.78, 5) is 73.2. The largest absolute Gasteiger partial charge is 0.444 e. The van der Waals surface area contributed by atoms with Crippen molar-refractivity contribution in [3.63, 3.8) is 0 Å². The summed E-state index contributed by atoms with van der Waals surface area (Å²) in [5, 5.41) is 8.80. The third-order valence-corrected chi connectivity index (χ3v) is 14.8. The summed E-state index contributed by atoms with van der Waals surface area (Å²) >= 11 is 0. The molecule has 84 heavy (non-hydrogen) atoms. The molecule has 496 valence electrons. The second kappa shape index (κ2) is 49.5. The summed E-state index contributed by atoms with van der Waals surface area (Å²) in [6.07, 6.45) is 41.8. The summed E-state index contributed by atoms with van der Waals surface area (Å²) in [7, 11) is 0. The predicted molar refractivity (Wildman–Crippen MR) is 350 cm³/mol. The van der Waals surface area contributed by atoms with Crippen LogP contribution in [0.1, 0.15) is 328 Å². The SMILES string of the molecule is CCCCCCCCCCCCCCCCCCN(CCCCCCCCCCCCCCCCCC)CCNC(=O)C(CCCN(CCCNC(=O)OC(C)(C)C)C(=O)OC(C)(C)C)N(CCCNC(=O)OC(C)(C)C)C(=O)OC(C)(C)C. The molecule has 3 N–H and O–H groups in total. The second-order valence-electron chi connectivity index (χ2n) is 28.1. The highest BCUT2D eigenvalue weighted by Gasteiger charge is 2.33. The van der Waals surface area contributed by atoms with E-state index < -0.39 is 52.8 Å². The van der Waals surface area contributed by atoms with Crippen LogP contribution >= 0.6 is 0 Å². The summed E-state index contributed by atoms with van der Waals surface area (Å²) in [6, 6.07) is -0.940. The summed E-state index contributed by atoms with van der Waals surface area (Å²) < 4.78 is 22.6. The monoisotopic (exact) mass is 1190 g/mol. The van der Waals surface area contributed by atoms with Crippen LogP contribution in [0.15, 0.2) is 0 Å². The molecule has 15 heteroatoms. The fourth-order valence-electron chi connectivity index (χ4n) is 10.3. The Hall–Kier alpha value is -3.49. The van der Waals surface area contributed by atoms with Crippen LogP contribution in [0.25, 0.3) is 0 Å². The van der Waals surface area contributed by atoms with Crippen molar-refractivity contribution >= 4 is 30.3 Å². The Balaban J connectivity index is 6.08. The molecule has 0 bridgehead atoms. The molecule has 0 fully saturated rings. The number of carbonyl (C=O) groups is 5. The van der Waals surface area contributed by atoms with Crippen LogP contribution in [0.3, 0.4) is 0 Å². The molecule has 0 saturated heterocycles. The lowest BCUT2D eigenvalue weighted by atomic mass is 10.0. The first kappa shape index (κ1) is 80.5. The molecule has 0 aliphatic carbocycles. The van der Waals surface area contributed by atoms with Gasteiger partial charge in [0.05, 0.1) is 0 Å². The van der Waals surface area contributed by atoms with Crippen molar-refractivity contribution in [2.24, 2.45) is 0 Å². The van der Waals surface area contributed by atoms with Gasteiger partial charge < -0.3 is 44.7 Å². The van der Waals surface area contributed by atoms with Gasteiger partial charge in [0.2, 0.25) is 5.91 Å². The van der Waals surface area contributed by atoms with Gasteiger partial charge in [0.15, 0.2) is 0 Å². The number of ether oxygens (including phenoxy) is 4. The lowest BCUT2D eigenvalue weighted by Gasteiger charge is -2.34. The Kier molecular flexibility index (Phi) is 47.4. The maximum absolute atomic E-state index is 14.7. The van der Waals surface area contributed by atoms with E-state index in [4.69, 9.17) is 18.9 Å². The number of nitrogens with one attached hydrogen (secondary N) is 3. The van der Waals surface area contributed by atoms with E-state index in [0.29, 0.717) is 32.4 Å². The van der Waals surface area contributed by atoms with E-state index >= 15 is 0 Å². The van der Waals surface area contributed by atoms with Crippen molar-refractivity contribution in [1.82, 2.24) is 30.7 Å². The zero-order chi connectivity index (χ0) is 63.0. The minimum Gasteiger partial charge on any atom is -0.444 e. The van der Waals surface area contributed by atoms with E-state index in [9.17, 15) is 24.0 Å². The van der Waals surface area contributed by atoms with Crippen molar-refractivity contribution in [1.29, 1.82) is 0 Å². The lowest BCUT2D eigenvalue weighted by molar-refractivity contribution is -0.126. The standard InChI is InChI=1S/C69H136N6O9/c1-15-17-19-21-23-25-27-29-31-33-35-37-39-41-43-45-54-73(55-46-44-42-40-38-36-34-32-30-28-26-24-22-20-18-16-2)59-53-70-61(76)60(75(65(80)84-69(12,13)14)58-49-52-72-63(78)82-67(6,7)8)50-47-56-74(64(79)83-68(9,10)11)57-48-51-71-62(77)81-66(3,4)5/h60H,15-59H2,1-14H3,(H,70,76)(H,71,77)(H,72,78). The molecular formula is C69H136N6O9. The van der Waals surface area contributed by atoms with Crippen LogP contribution in [-0.2, 0) is 23.7 Å². The summed E-state index contributed by atoms with van der Waals surface area (Å²) in [5.41, 5.74) is -2.91. The van der Waals surface area contributed by atoms with Gasteiger partial charge in [-0.25, -0.2) is 19.2 Å². The Bertz CT molecular complexity index is 1600. The van der Waals surface area contributed by atoms with Crippen LogP contribution in [-0.4, -0.2) is 132 Å². The van der Waals surface area contributed by atoms with Crippen molar-refractivity contribution in [3.05, 3.63) is 0 Å². The van der Waals surface area contributed by atoms with E-state index in [1.807, 2.05) is 20.8 Å². The average molecular weight is 1190 g/mol. The van der Waals surface area contributed by atoms with E-state index in [0.717, 1.165) is 25.9 Å². The third kappa shape index (κ3) is 52.8. The fraction of sp³-hybridized carbons (Fsp3) is 0.928. The van der Waals surface area contributed by atoms with Gasteiger partial charge in [-0.2, -0.15) is 0 Å². The quantitative estimate of drug-likeness (QED) is 0.0394. The molecule has 5 amide bonds.